The number of hydrogen-bond acceptors (Lipinski definition) is 1. The second-order valence-corrected chi connectivity index (χ2v) is 3.85. The Balaban J connectivity index is 0.000000251. The first-order valence-corrected chi connectivity index (χ1v) is 6.26. The van der Waals surface area contributed by atoms with Gasteiger partial charge in [0.2, 0.25) is 0 Å². The van der Waals surface area contributed by atoms with E-state index in [1.165, 1.54) is 0 Å². The Morgan fingerprint density at radius 3 is 2.62 bits per heavy atom. The highest BCUT2D eigenvalue weighted by atomic mass is 31.1. The van der Waals surface area contributed by atoms with Crippen LogP contribution in [0.3, 0.4) is 0 Å². The Bertz CT molecular complexity index is 335. The van der Waals surface area contributed by atoms with Crippen LogP contribution in [-0.2, 0) is 0 Å². The molecule has 2 heterocycles. The number of fused-ring (bicyclic) bond motifs is 1. The zero-order valence-corrected chi connectivity index (χ0v) is 9.28. The van der Waals surface area contributed by atoms with Gasteiger partial charge in [-0.15, -0.1) is 8.58 Å². The van der Waals surface area contributed by atoms with Gasteiger partial charge < -0.3 is 4.40 Å². The quantitative estimate of drug-likeness (QED) is 0.589. The lowest BCUT2D eigenvalue weighted by Crippen LogP contribution is -1.77. The van der Waals surface area contributed by atoms with Crippen molar-refractivity contribution in [2.45, 2.75) is 6.92 Å². The fraction of sp³-hybridized carbons (Fsp3) is 0.300. The maximum absolute atomic E-state index is 4.28. The normalized spacial score (nSPS) is 9.46. The number of rotatable bonds is 0. The third-order valence-electron chi connectivity index (χ3n) is 1.48. The first-order valence-electron chi connectivity index (χ1n) is 4.26. The molecule has 13 heavy (non-hydrogen) atoms. The smallest absolute Gasteiger partial charge is 0.136 e. The van der Waals surface area contributed by atoms with Crippen LogP contribution < -0.4 is 0 Å². The number of nitrogens with zero attached hydrogens (tertiary/aromatic N) is 2. The van der Waals surface area contributed by atoms with Gasteiger partial charge in [0.15, 0.2) is 0 Å². The molecule has 0 radical (unpaired) electrons. The van der Waals surface area contributed by atoms with Crippen LogP contribution >= 0.6 is 8.58 Å². The third kappa shape index (κ3) is 2.82. The Morgan fingerprint density at radius 1 is 1.31 bits per heavy atom. The maximum Gasteiger partial charge on any atom is 0.136 e. The second kappa shape index (κ2) is 4.98. The highest BCUT2D eigenvalue weighted by Gasteiger charge is 1.92. The Kier molecular flexibility index (Phi) is 3.91. The molecule has 0 fully saturated rings. The molecule has 0 aliphatic carbocycles. The van der Waals surface area contributed by atoms with E-state index < -0.39 is 0 Å². The molecule has 0 saturated heterocycles. The van der Waals surface area contributed by atoms with Crippen LogP contribution in [-0.4, -0.2) is 22.7 Å². The van der Waals surface area contributed by atoms with Crippen molar-refractivity contribution in [2.75, 3.05) is 13.3 Å². The first-order chi connectivity index (χ1) is 6.27. The Hall–Kier alpha value is -0.880. The van der Waals surface area contributed by atoms with Crippen LogP contribution in [0.5, 0.6) is 0 Å². The summed E-state index contributed by atoms with van der Waals surface area (Å²) in [6.07, 6.45) is 4.00. The molecule has 2 aromatic rings. The van der Waals surface area contributed by atoms with E-state index in [2.05, 4.69) is 18.3 Å². The fourth-order valence-electron chi connectivity index (χ4n) is 1.06. The topological polar surface area (TPSA) is 17.3 Å². The summed E-state index contributed by atoms with van der Waals surface area (Å²) in [5.74, 6) is 0. The van der Waals surface area contributed by atoms with E-state index in [-0.39, 0.29) is 0 Å². The van der Waals surface area contributed by atoms with E-state index in [1.807, 2.05) is 41.9 Å². The molecule has 0 aliphatic heterocycles. The van der Waals surface area contributed by atoms with Gasteiger partial charge in [-0.2, -0.15) is 0 Å². The van der Waals surface area contributed by atoms with Gasteiger partial charge >= 0.3 is 0 Å². The zero-order valence-electron chi connectivity index (χ0n) is 8.28. The molecule has 70 valence electrons. The minimum Gasteiger partial charge on any atom is -0.307 e. The van der Waals surface area contributed by atoms with Crippen LogP contribution in [0.2, 0.25) is 0 Å². The van der Waals surface area contributed by atoms with Crippen LogP contribution in [0, 0.1) is 6.92 Å². The SMILES string of the molecule is CPC.Cc1cn2ccccc2n1. The van der Waals surface area contributed by atoms with Crippen LogP contribution in [0.25, 0.3) is 5.65 Å². The van der Waals surface area contributed by atoms with Crippen LogP contribution in [0.15, 0.2) is 30.6 Å². The molecular formula is C10H15N2P. The summed E-state index contributed by atoms with van der Waals surface area (Å²) in [6, 6.07) is 5.98. The predicted molar refractivity (Wildman–Crippen MR) is 60.1 cm³/mol. The molecule has 0 unspecified atom stereocenters. The lowest BCUT2D eigenvalue weighted by molar-refractivity contribution is 1.18. The van der Waals surface area contributed by atoms with Crippen molar-refractivity contribution >= 4 is 14.2 Å². The second-order valence-electron chi connectivity index (χ2n) is 2.85. The van der Waals surface area contributed by atoms with Crippen LogP contribution in [0.4, 0.5) is 0 Å². The van der Waals surface area contributed by atoms with Crippen molar-refractivity contribution < 1.29 is 0 Å². The van der Waals surface area contributed by atoms with E-state index in [9.17, 15) is 0 Å². The molecule has 2 aromatic heterocycles. The number of aromatic nitrogens is 2. The third-order valence-corrected chi connectivity index (χ3v) is 1.48. The molecule has 0 atom stereocenters. The minimum atomic E-state index is 1.01. The van der Waals surface area contributed by atoms with E-state index in [1.54, 1.807) is 0 Å². The van der Waals surface area contributed by atoms with E-state index in [0.29, 0.717) is 0 Å². The van der Waals surface area contributed by atoms with Crippen molar-refractivity contribution in [1.29, 1.82) is 0 Å². The van der Waals surface area contributed by atoms with Crippen LogP contribution in [0.1, 0.15) is 5.69 Å². The summed E-state index contributed by atoms with van der Waals surface area (Å²) in [7, 11) is 1.08. The molecule has 0 bridgehead atoms. The molecule has 0 aromatic carbocycles. The number of pyridine rings is 1. The first kappa shape index (κ1) is 10.2. The summed E-state index contributed by atoms with van der Waals surface area (Å²) in [4.78, 5) is 4.28. The minimum absolute atomic E-state index is 1.01. The van der Waals surface area contributed by atoms with Crippen molar-refractivity contribution in [3.05, 3.63) is 36.3 Å². The van der Waals surface area contributed by atoms with Gasteiger partial charge in [0.1, 0.15) is 5.65 Å². The molecular weight excluding hydrogens is 179 g/mol. The van der Waals surface area contributed by atoms with Gasteiger partial charge in [-0.1, -0.05) is 6.07 Å². The number of aryl methyl sites for hydroxylation is 1. The summed E-state index contributed by atoms with van der Waals surface area (Å²) >= 11 is 0. The lowest BCUT2D eigenvalue weighted by atomic mass is 10.5. The van der Waals surface area contributed by atoms with Crippen molar-refractivity contribution in [2.24, 2.45) is 0 Å². The van der Waals surface area contributed by atoms with Gasteiger partial charge in [-0.05, 0) is 32.4 Å². The van der Waals surface area contributed by atoms with Crippen molar-refractivity contribution in [3.63, 3.8) is 0 Å². The predicted octanol–water partition coefficient (Wildman–Crippen LogP) is 2.57. The number of imidazole rings is 1. The van der Waals surface area contributed by atoms with Crippen molar-refractivity contribution in [1.82, 2.24) is 9.38 Å². The average Bonchev–Trinajstić information content (AvgIpc) is 2.45. The van der Waals surface area contributed by atoms with Gasteiger partial charge in [0.05, 0.1) is 5.69 Å². The Morgan fingerprint density at radius 2 is 2.00 bits per heavy atom. The standard InChI is InChI=1S/C8H8N2.C2H7P/c1-7-6-10-5-3-2-4-8(10)9-7;1-3-2/h2-6H,1H3;3H,1-2H3. The lowest BCUT2D eigenvalue weighted by Gasteiger charge is -1.86. The van der Waals surface area contributed by atoms with Crippen molar-refractivity contribution in [3.8, 4) is 0 Å². The molecule has 0 amide bonds. The largest absolute Gasteiger partial charge is 0.307 e. The van der Waals surface area contributed by atoms with Gasteiger partial charge in [0, 0.05) is 12.4 Å². The van der Waals surface area contributed by atoms with E-state index in [4.69, 9.17) is 0 Å². The van der Waals surface area contributed by atoms with Gasteiger partial charge in [-0.3, -0.25) is 0 Å². The van der Waals surface area contributed by atoms with Gasteiger partial charge in [0.25, 0.3) is 0 Å². The summed E-state index contributed by atoms with van der Waals surface area (Å²) in [5.41, 5.74) is 2.08. The highest BCUT2D eigenvalue weighted by molar-refractivity contribution is 7.35. The molecule has 0 saturated carbocycles. The molecule has 2 rings (SSSR count). The molecule has 0 spiro atoms. The zero-order chi connectivity index (χ0) is 9.68. The van der Waals surface area contributed by atoms with E-state index >= 15 is 0 Å². The molecule has 2 nitrogen and oxygen atoms in total. The van der Waals surface area contributed by atoms with Gasteiger partial charge in [-0.25, -0.2) is 4.98 Å². The highest BCUT2D eigenvalue weighted by Crippen LogP contribution is 2.01. The molecule has 3 heteroatoms. The monoisotopic (exact) mass is 194 g/mol. The maximum atomic E-state index is 4.28. The Labute approximate surface area is 80.8 Å². The summed E-state index contributed by atoms with van der Waals surface area (Å²) in [5, 5.41) is 0. The molecule has 0 aliphatic rings. The fourth-order valence-corrected chi connectivity index (χ4v) is 1.06. The molecule has 0 N–H and O–H groups in total. The summed E-state index contributed by atoms with van der Waals surface area (Å²) in [6.45, 7) is 6.30. The summed E-state index contributed by atoms with van der Waals surface area (Å²) < 4.78 is 2.01. The van der Waals surface area contributed by atoms with E-state index in [0.717, 1.165) is 19.9 Å². The average molecular weight is 194 g/mol. The number of hydrogen-bond donors (Lipinski definition) is 0.